The van der Waals surface area contributed by atoms with Gasteiger partial charge in [-0.1, -0.05) is 30.7 Å². The van der Waals surface area contributed by atoms with Crippen LogP contribution in [0.1, 0.15) is 31.9 Å². The van der Waals surface area contributed by atoms with Crippen LogP contribution in [0.3, 0.4) is 0 Å². The minimum atomic E-state index is -0.590. The summed E-state index contributed by atoms with van der Waals surface area (Å²) < 4.78 is 16.9. The zero-order valence-electron chi connectivity index (χ0n) is 14.8. The van der Waals surface area contributed by atoms with Crippen molar-refractivity contribution in [2.75, 3.05) is 13.2 Å². The fraction of sp³-hybridized carbons (Fsp3) is 0.350. The maximum absolute atomic E-state index is 12.6. The Morgan fingerprint density at radius 2 is 1.96 bits per heavy atom. The molecule has 3 rings (SSSR count). The average Bonchev–Trinajstić information content (AvgIpc) is 2.65. The highest BCUT2D eigenvalue weighted by Gasteiger charge is 2.22. The fourth-order valence-electron chi connectivity index (χ4n) is 2.75. The number of amides is 1. The number of benzene rings is 2. The molecule has 1 heterocycles. The van der Waals surface area contributed by atoms with E-state index in [0.29, 0.717) is 36.2 Å². The fourth-order valence-corrected chi connectivity index (χ4v) is 2.93. The Labute approximate surface area is 158 Å². The van der Waals surface area contributed by atoms with E-state index in [1.54, 1.807) is 24.3 Å². The molecule has 0 fully saturated rings. The third-order valence-corrected chi connectivity index (χ3v) is 4.40. The molecule has 2 aromatic rings. The summed E-state index contributed by atoms with van der Waals surface area (Å²) in [6.45, 7) is 4.92. The molecule has 0 aliphatic carbocycles. The highest BCUT2D eigenvalue weighted by molar-refractivity contribution is 6.30. The molecule has 1 aliphatic rings. The van der Waals surface area contributed by atoms with Gasteiger partial charge in [-0.15, -0.1) is 0 Å². The summed E-state index contributed by atoms with van der Waals surface area (Å²) in [4.78, 5) is 12.6. The first-order chi connectivity index (χ1) is 12.6. The number of hydrogen-bond acceptors (Lipinski definition) is 4. The van der Waals surface area contributed by atoms with Crippen LogP contribution >= 0.6 is 11.6 Å². The molecular weight excluding hydrogens is 354 g/mol. The molecule has 2 aromatic carbocycles. The average molecular weight is 376 g/mol. The summed E-state index contributed by atoms with van der Waals surface area (Å²) >= 11 is 5.97. The van der Waals surface area contributed by atoms with Crippen molar-refractivity contribution < 1.29 is 19.0 Å². The number of halogens is 1. The number of rotatable bonds is 6. The smallest absolute Gasteiger partial charge is 0.261 e. The normalized spacial score (nSPS) is 15.0. The van der Waals surface area contributed by atoms with Crippen molar-refractivity contribution in [2.24, 2.45) is 0 Å². The number of ether oxygens (including phenoxy) is 3. The van der Waals surface area contributed by atoms with Crippen molar-refractivity contribution in [3.63, 3.8) is 0 Å². The van der Waals surface area contributed by atoms with E-state index in [1.807, 2.05) is 32.0 Å². The van der Waals surface area contributed by atoms with E-state index in [2.05, 4.69) is 5.32 Å². The van der Waals surface area contributed by atoms with E-state index < -0.39 is 6.10 Å². The molecule has 6 heteroatoms. The number of nitrogens with one attached hydrogen (secondary N) is 1. The van der Waals surface area contributed by atoms with Crippen molar-refractivity contribution in [3.05, 3.63) is 53.1 Å². The van der Waals surface area contributed by atoms with Crippen LogP contribution < -0.4 is 19.5 Å². The molecular formula is C20H22ClNO4. The lowest BCUT2D eigenvalue weighted by Crippen LogP contribution is -2.39. The van der Waals surface area contributed by atoms with Crippen LogP contribution in [0.4, 0.5) is 0 Å². The lowest BCUT2D eigenvalue weighted by molar-refractivity contribution is -0.128. The molecule has 1 aliphatic heterocycles. The Bertz CT molecular complexity index is 780. The molecule has 0 radical (unpaired) electrons. The molecule has 26 heavy (non-hydrogen) atoms. The van der Waals surface area contributed by atoms with Gasteiger partial charge < -0.3 is 19.5 Å². The Morgan fingerprint density at radius 3 is 2.69 bits per heavy atom. The highest BCUT2D eigenvalue weighted by atomic mass is 35.5. The molecule has 138 valence electrons. The van der Waals surface area contributed by atoms with Crippen molar-refractivity contribution in [1.82, 2.24) is 5.32 Å². The van der Waals surface area contributed by atoms with Gasteiger partial charge in [-0.25, -0.2) is 0 Å². The van der Waals surface area contributed by atoms with Crippen LogP contribution in [0.25, 0.3) is 0 Å². The maximum Gasteiger partial charge on any atom is 0.261 e. The minimum absolute atomic E-state index is 0.171. The molecule has 0 saturated carbocycles. The van der Waals surface area contributed by atoms with E-state index in [9.17, 15) is 4.79 Å². The zero-order valence-corrected chi connectivity index (χ0v) is 15.6. The van der Waals surface area contributed by atoms with E-state index in [-0.39, 0.29) is 11.9 Å². The van der Waals surface area contributed by atoms with Crippen molar-refractivity contribution in [2.45, 2.75) is 32.4 Å². The lowest BCUT2D eigenvalue weighted by atomic mass is 10.1. The highest BCUT2D eigenvalue weighted by Crippen LogP contribution is 2.32. The van der Waals surface area contributed by atoms with Crippen LogP contribution in [0.5, 0.6) is 17.2 Å². The van der Waals surface area contributed by atoms with Crippen molar-refractivity contribution in [1.29, 1.82) is 0 Å². The van der Waals surface area contributed by atoms with Gasteiger partial charge in [0.05, 0.1) is 6.04 Å². The van der Waals surface area contributed by atoms with Gasteiger partial charge >= 0.3 is 0 Å². The molecule has 0 bridgehead atoms. The Morgan fingerprint density at radius 1 is 1.19 bits per heavy atom. The summed E-state index contributed by atoms with van der Waals surface area (Å²) in [5.41, 5.74) is 0.945. The van der Waals surface area contributed by atoms with E-state index in [4.69, 9.17) is 25.8 Å². The zero-order chi connectivity index (χ0) is 18.5. The topological polar surface area (TPSA) is 56.8 Å². The first-order valence-electron chi connectivity index (χ1n) is 8.69. The summed E-state index contributed by atoms with van der Waals surface area (Å²) in [6, 6.07) is 12.5. The van der Waals surface area contributed by atoms with Gasteiger partial charge in [0.2, 0.25) is 0 Å². The Balaban J connectivity index is 1.65. The number of carbonyl (C=O) groups is 1. The van der Waals surface area contributed by atoms with Gasteiger partial charge in [-0.3, -0.25) is 4.79 Å². The maximum atomic E-state index is 12.6. The molecule has 5 nitrogen and oxygen atoms in total. The van der Waals surface area contributed by atoms with Gasteiger partial charge in [0.15, 0.2) is 17.6 Å². The Kier molecular flexibility index (Phi) is 5.89. The first kappa shape index (κ1) is 18.4. The molecule has 0 spiro atoms. The summed E-state index contributed by atoms with van der Waals surface area (Å²) in [6.07, 6.45) is -0.0419. The molecule has 1 N–H and O–H groups in total. The van der Waals surface area contributed by atoms with Gasteiger partial charge in [-0.2, -0.15) is 0 Å². The largest absolute Gasteiger partial charge is 0.486 e. The van der Waals surface area contributed by atoms with Crippen LogP contribution in [-0.2, 0) is 4.79 Å². The van der Waals surface area contributed by atoms with Crippen LogP contribution in [0.2, 0.25) is 5.02 Å². The quantitative estimate of drug-likeness (QED) is 0.824. The third kappa shape index (κ3) is 4.41. The van der Waals surface area contributed by atoms with E-state index in [0.717, 1.165) is 11.3 Å². The number of fused-ring (bicyclic) bond motifs is 1. The third-order valence-electron chi connectivity index (χ3n) is 4.16. The summed E-state index contributed by atoms with van der Waals surface area (Å²) in [7, 11) is 0. The molecule has 0 saturated heterocycles. The summed E-state index contributed by atoms with van der Waals surface area (Å²) in [5, 5.41) is 3.57. The predicted octanol–water partition coefficient (Wildman–Crippen LogP) is 4.15. The van der Waals surface area contributed by atoms with Gasteiger partial charge in [-0.05, 0) is 49.2 Å². The van der Waals surface area contributed by atoms with Crippen LogP contribution in [0, 0.1) is 0 Å². The van der Waals surface area contributed by atoms with Crippen molar-refractivity contribution >= 4 is 17.5 Å². The Hall–Kier alpha value is -2.40. The first-order valence-corrected chi connectivity index (χ1v) is 9.06. The second-order valence-corrected chi connectivity index (χ2v) is 6.54. The van der Waals surface area contributed by atoms with Crippen LogP contribution in [-0.4, -0.2) is 25.2 Å². The second kappa shape index (κ2) is 8.32. The van der Waals surface area contributed by atoms with Gasteiger partial charge in [0.1, 0.15) is 19.0 Å². The second-order valence-electron chi connectivity index (χ2n) is 6.11. The molecule has 1 amide bonds. The predicted molar refractivity (Wildman–Crippen MR) is 100 cm³/mol. The monoisotopic (exact) mass is 375 g/mol. The molecule has 2 atom stereocenters. The van der Waals surface area contributed by atoms with E-state index in [1.165, 1.54) is 0 Å². The lowest BCUT2D eigenvalue weighted by Gasteiger charge is -2.23. The molecule has 0 aromatic heterocycles. The standard InChI is InChI=1S/C20H22ClNO4/c1-3-17(26-16-6-4-5-15(21)12-16)20(23)22-13(2)14-7-8-18-19(11-14)25-10-9-24-18/h4-8,11-13,17H,3,9-10H2,1-2H3,(H,22,23)/t13-,17-/m0/s1. The van der Waals surface area contributed by atoms with E-state index >= 15 is 0 Å². The van der Waals surface area contributed by atoms with Crippen LogP contribution in [0.15, 0.2) is 42.5 Å². The minimum Gasteiger partial charge on any atom is -0.486 e. The van der Waals surface area contributed by atoms with Gasteiger partial charge in [0, 0.05) is 5.02 Å². The molecule has 0 unspecified atom stereocenters. The van der Waals surface area contributed by atoms with Gasteiger partial charge in [0.25, 0.3) is 5.91 Å². The SMILES string of the molecule is CC[C@H](Oc1cccc(Cl)c1)C(=O)N[C@@H](C)c1ccc2c(c1)OCCO2. The van der Waals surface area contributed by atoms with Crippen molar-refractivity contribution in [3.8, 4) is 17.2 Å². The summed E-state index contributed by atoms with van der Waals surface area (Å²) in [5.74, 6) is 1.84. The number of hydrogen-bond donors (Lipinski definition) is 1. The number of carbonyl (C=O) groups excluding carboxylic acids is 1.